The van der Waals surface area contributed by atoms with Gasteiger partial charge in [0.25, 0.3) is 11.8 Å². The van der Waals surface area contributed by atoms with Crippen molar-refractivity contribution >= 4 is 45.5 Å². The van der Waals surface area contributed by atoms with E-state index in [-0.39, 0.29) is 5.57 Å². The highest BCUT2D eigenvalue weighted by Gasteiger charge is 2.37. The number of carbonyl (C=O) groups excluding carboxylic acids is 3. The zero-order valence-corrected chi connectivity index (χ0v) is 17.7. The molecule has 0 radical (unpaired) electrons. The number of nitrogens with one attached hydrogen (secondary N) is 1. The van der Waals surface area contributed by atoms with Crippen LogP contribution >= 0.6 is 15.9 Å². The minimum Gasteiger partial charge on any atom is -0.493 e. The van der Waals surface area contributed by atoms with Crippen LogP contribution in [-0.4, -0.2) is 31.6 Å². The molecule has 1 aliphatic rings. The molecule has 0 spiro atoms. The summed E-state index contributed by atoms with van der Waals surface area (Å²) < 4.78 is 11.6. The van der Waals surface area contributed by atoms with Crippen molar-refractivity contribution in [3.05, 3.63) is 57.6 Å². The highest BCUT2D eigenvalue weighted by atomic mass is 79.9. The Morgan fingerprint density at radius 2 is 1.86 bits per heavy atom. The molecule has 0 aliphatic carbocycles. The van der Waals surface area contributed by atoms with E-state index in [0.717, 1.165) is 9.37 Å². The first kappa shape index (κ1) is 20.6. The van der Waals surface area contributed by atoms with Crippen molar-refractivity contribution in [1.82, 2.24) is 5.32 Å². The summed E-state index contributed by atoms with van der Waals surface area (Å²) in [5.74, 6) is -0.420. The van der Waals surface area contributed by atoms with Gasteiger partial charge >= 0.3 is 6.03 Å². The summed E-state index contributed by atoms with van der Waals surface area (Å²) in [6, 6.07) is 9.42. The standard InChI is InChI=1S/C21H19BrN2O5/c1-4-29-17-8-5-13(11-18(17)28-3)10-15-19(25)23-21(27)24(20(15)26)16-7-6-14(22)9-12(16)2/h5-11H,4H2,1-3H3,(H,23,25,27)/b15-10-. The van der Waals surface area contributed by atoms with Gasteiger partial charge < -0.3 is 9.47 Å². The third-order valence-corrected chi connectivity index (χ3v) is 4.79. The summed E-state index contributed by atoms with van der Waals surface area (Å²) in [6.45, 7) is 4.11. The normalized spacial score (nSPS) is 15.5. The Morgan fingerprint density at radius 3 is 2.52 bits per heavy atom. The lowest BCUT2D eigenvalue weighted by atomic mass is 10.1. The molecule has 1 fully saturated rings. The molecular weight excluding hydrogens is 440 g/mol. The van der Waals surface area contributed by atoms with Crippen molar-refractivity contribution < 1.29 is 23.9 Å². The van der Waals surface area contributed by atoms with E-state index in [0.29, 0.717) is 34.9 Å². The fourth-order valence-corrected chi connectivity index (χ4v) is 3.44. The summed E-state index contributed by atoms with van der Waals surface area (Å²) in [6.07, 6.45) is 1.42. The van der Waals surface area contributed by atoms with Crippen LogP contribution in [0.2, 0.25) is 0 Å². The number of hydrogen-bond donors (Lipinski definition) is 1. The van der Waals surface area contributed by atoms with E-state index < -0.39 is 17.8 Å². The van der Waals surface area contributed by atoms with Gasteiger partial charge in [-0.3, -0.25) is 14.9 Å². The maximum absolute atomic E-state index is 13.0. The monoisotopic (exact) mass is 458 g/mol. The lowest BCUT2D eigenvalue weighted by Gasteiger charge is -2.27. The number of anilines is 1. The number of ether oxygens (including phenoxy) is 2. The molecule has 7 nitrogen and oxygen atoms in total. The van der Waals surface area contributed by atoms with Crippen LogP contribution in [0.15, 0.2) is 46.4 Å². The van der Waals surface area contributed by atoms with Gasteiger partial charge in [0.05, 0.1) is 19.4 Å². The van der Waals surface area contributed by atoms with Crippen LogP contribution in [0.4, 0.5) is 10.5 Å². The zero-order chi connectivity index (χ0) is 21.1. The Kier molecular flexibility index (Phi) is 6.03. The van der Waals surface area contributed by atoms with E-state index in [1.807, 2.05) is 6.92 Å². The van der Waals surface area contributed by atoms with Crippen LogP contribution in [0.25, 0.3) is 6.08 Å². The first-order chi connectivity index (χ1) is 13.8. The number of rotatable bonds is 5. The molecule has 29 heavy (non-hydrogen) atoms. The molecule has 0 saturated carbocycles. The van der Waals surface area contributed by atoms with E-state index in [1.165, 1.54) is 13.2 Å². The van der Waals surface area contributed by atoms with E-state index in [9.17, 15) is 14.4 Å². The van der Waals surface area contributed by atoms with Crippen LogP contribution < -0.4 is 19.7 Å². The average molecular weight is 459 g/mol. The second-order valence-electron chi connectivity index (χ2n) is 6.23. The molecular formula is C21H19BrN2O5. The molecule has 8 heteroatoms. The molecule has 1 saturated heterocycles. The third-order valence-electron chi connectivity index (χ3n) is 4.30. The first-order valence-electron chi connectivity index (χ1n) is 8.84. The first-order valence-corrected chi connectivity index (χ1v) is 9.63. The molecule has 2 aromatic rings. The number of halogens is 1. The maximum atomic E-state index is 13.0. The lowest BCUT2D eigenvalue weighted by molar-refractivity contribution is -0.122. The Hall–Kier alpha value is -3.13. The van der Waals surface area contributed by atoms with Crippen molar-refractivity contribution in [2.24, 2.45) is 0 Å². The fraction of sp³-hybridized carbons (Fsp3) is 0.190. The number of hydrogen-bond acceptors (Lipinski definition) is 5. The smallest absolute Gasteiger partial charge is 0.335 e. The summed E-state index contributed by atoms with van der Waals surface area (Å²) in [5.41, 5.74) is 1.52. The molecule has 0 atom stereocenters. The number of aryl methyl sites for hydroxylation is 1. The van der Waals surface area contributed by atoms with E-state index in [4.69, 9.17) is 9.47 Å². The van der Waals surface area contributed by atoms with Crippen molar-refractivity contribution in [2.45, 2.75) is 13.8 Å². The number of urea groups is 1. The maximum Gasteiger partial charge on any atom is 0.335 e. The Bertz CT molecular complexity index is 1030. The predicted octanol–water partition coefficient (Wildman–Crippen LogP) is 3.83. The second kappa shape index (κ2) is 8.48. The molecule has 1 heterocycles. The van der Waals surface area contributed by atoms with Gasteiger partial charge in [0.15, 0.2) is 11.5 Å². The van der Waals surface area contributed by atoms with Crippen molar-refractivity contribution in [2.75, 3.05) is 18.6 Å². The van der Waals surface area contributed by atoms with Gasteiger partial charge in [0.1, 0.15) is 5.57 Å². The zero-order valence-electron chi connectivity index (χ0n) is 16.1. The Balaban J connectivity index is 2.01. The lowest BCUT2D eigenvalue weighted by Crippen LogP contribution is -2.54. The van der Waals surface area contributed by atoms with E-state index in [2.05, 4.69) is 21.2 Å². The van der Waals surface area contributed by atoms with Gasteiger partial charge in [-0.05, 0) is 61.4 Å². The summed E-state index contributed by atoms with van der Waals surface area (Å²) in [4.78, 5) is 38.7. The summed E-state index contributed by atoms with van der Waals surface area (Å²) in [7, 11) is 1.50. The Labute approximate surface area is 176 Å². The van der Waals surface area contributed by atoms with Crippen LogP contribution in [-0.2, 0) is 9.59 Å². The number of carbonyl (C=O) groups is 3. The molecule has 2 aromatic carbocycles. The van der Waals surface area contributed by atoms with Crippen LogP contribution in [0.1, 0.15) is 18.1 Å². The molecule has 4 amide bonds. The van der Waals surface area contributed by atoms with Gasteiger partial charge in [-0.15, -0.1) is 0 Å². The van der Waals surface area contributed by atoms with Gasteiger partial charge in [0, 0.05) is 4.47 Å². The largest absolute Gasteiger partial charge is 0.493 e. The quantitative estimate of drug-likeness (QED) is 0.543. The van der Waals surface area contributed by atoms with Gasteiger partial charge in [0.2, 0.25) is 0 Å². The topological polar surface area (TPSA) is 84.9 Å². The molecule has 1 N–H and O–H groups in total. The predicted molar refractivity (Wildman–Crippen MR) is 112 cm³/mol. The third kappa shape index (κ3) is 4.17. The number of imide groups is 2. The van der Waals surface area contributed by atoms with E-state index in [1.54, 1.807) is 43.3 Å². The van der Waals surface area contributed by atoms with Crippen LogP contribution in [0, 0.1) is 6.92 Å². The molecule has 0 unspecified atom stereocenters. The number of barbiturate groups is 1. The molecule has 1 aliphatic heterocycles. The minimum atomic E-state index is -0.785. The van der Waals surface area contributed by atoms with E-state index >= 15 is 0 Å². The molecule has 3 rings (SSSR count). The van der Waals surface area contributed by atoms with Crippen molar-refractivity contribution in [3.63, 3.8) is 0 Å². The molecule has 0 aromatic heterocycles. The fourth-order valence-electron chi connectivity index (χ4n) is 2.96. The SMILES string of the molecule is CCOc1ccc(/C=C2/C(=O)NC(=O)N(c3ccc(Br)cc3C)C2=O)cc1OC. The average Bonchev–Trinajstić information content (AvgIpc) is 2.67. The van der Waals surface area contributed by atoms with Crippen molar-refractivity contribution in [1.29, 1.82) is 0 Å². The van der Waals surface area contributed by atoms with Crippen LogP contribution in [0.5, 0.6) is 11.5 Å². The Morgan fingerprint density at radius 1 is 1.10 bits per heavy atom. The second-order valence-corrected chi connectivity index (χ2v) is 7.15. The number of amides is 4. The summed E-state index contributed by atoms with van der Waals surface area (Å²) >= 11 is 3.36. The highest BCUT2D eigenvalue weighted by molar-refractivity contribution is 9.10. The van der Waals surface area contributed by atoms with Gasteiger partial charge in [-0.25, -0.2) is 9.69 Å². The number of methoxy groups -OCH3 is 1. The highest BCUT2D eigenvalue weighted by Crippen LogP contribution is 2.31. The summed E-state index contributed by atoms with van der Waals surface area (Å²) in [5, 5.41) is 2.22. The molecule has 150 valence electrons. The van der Waals surface area contributed by atoms with Crippen molar-refractivity contribution in [3.8, 4) is 11.5 Å². The van der Waals surface area contributed by atoms with Gasteiger partial charge in [-0.2, -0.15) is 0 Å². The molecule has 0 bridgehead atoms. The van der Waals surface area contributed by atoms with Gasteiger partial charge in [-0.1, -0.05) is 22.0 Å². The van der Waals surface area contributed by atoms with Crippen LogP contribution in [0.3, 0.4) is 0 Å². The minimum absolute atomic E-state index is 0.155. The number of benzene rings is 2. The number of nitrogens with zero attached hydrogens (tertiary/aromatic N) is 1.